The molecule has 1 fully saturated rings. The van der Waals surface area contributed by atoms with Gasteiger partial charge in [0.2, 0.25) is 10.8 Å². The lowest BCUT2D eigenvalue weighted by molar-refractivity contribution is -0.137. The molecule has 0 saturated carbocycles. The highest BCUT2D eigenvalue weighted by molar-refractivity contribution is 8.02. The number of carbonyl (C=O) groups is 2. The molecule has 0 N–H and O–H groups in total. The minimum absolute atomic E-state index is 0.0179. The highest BCUT2D eigenvalue weighted by Crippen LogP contribution is 2.56. The maximum absolute atomic E-state index is 14.4. The van der Waals surface area contributed by atoms with Crippen LogP contribution in [0.3, 0.4) is 0 Å². The topological polar surface area (TPSA) is 40.6 Å². The Morgan fingerprint density at radius 1 is 0.939 bits per heavy atom. The van der Waals surface area contributed by atoms with E-state index in [2.05, 4.69) is 0 Å². The number of alkyl halides is 3. The maximum Gasteiger partial charge on any atom is 0.416 e. The third kappa shape index (κ3) is 3.30. The lowest BCUT2D eigenvalue weighted by Crippen LogP contribution is -2.49. The lowest BCUT2D eigenvalue weighted by Gasteiger charge is -2.33. The first kappa shape index (κ1) is 21.5. The molecule has 0 radical (unpaired) electrons. The Kier molecular flexibility index (Phi) is 4.97. The number of hydrogen-bond acceptors (Lipinski definition) is 3. The second kappa shape index (κ2) is 7.62. The number of fused-ring (bicyclic) bond motifs is 2. The van der Waals surface area contributed by atoms with E-state index in [1.54, 1.807) is 42.5 Å². The van der Waals surface area contributed by atoms with Gasteiger partial charge >= 0.3 is 6.18 Å². The molecule has 2 amide bonds. The number of anilines is 2. The molecule has 1 atom stereocenters. The van der Waals surface area contributed by atoms with Crippen LogP contribution in [0.15, 0.2) is 72.8 Å². The van der Waals surface area contributed by atoms with Gasteiger partial charge in [0.1, 0.15) is 5.82 Å². The van der Waals surface area contributed by atoms with Crippen LogP contribution in [0.5, 0.6) is 0 Å². The van der Waals surface area contributed by atoms with E-state index >= 15 is 0 Å². The molecule has 1 spiro atoms. The van der Waals surface area contributed by atoms with Crippen molar-refractivity contribution < 1.29 is 27.2 Å². The zero-order chi connectivity index (χ0) is 23.4. The number of rotatable bonds is 3. The summed E-state index contributed by atoms with van der Waals surface area (Å²) < 4.78 is 54.4. The van der Waals surface area contributed by atoms with Crippen molar-refractivity contribution in [1.29, 1.82) is 0 Å². The zero-order valence-corrected chi connectivity index (χ0v) is 17.8. The Hall–Kier alpha value is -3.33. The van der Waals surface area contributed by atoms with E-state index in [0.29, 0.717) is 11.3 Å². The van der Waals surface area contributed by atoms with Crippen molar-refractivity contribution in [2.24, 2.45) is 0 Å². The minimum Gasteiger partial charge on any atom is -0.304 e. The van der Waals surface area contributed by atoms with Crippen molar-refractivity contribution in [3.8, 4) is 0 Å². The molecule has 0 unspecified atom stereocenters. The number of thioether (sulfide) groups is 1. The van der Waals surface area contributed by atoms with Gasteiger partial charge in [0.15, 0.2) is 0 Å². The summed E-state index contributed by atoms with van der Waals surface area (Å²) in [5.74, 6) is -1.53. The van der Waals surface area contributed by atoms with Crippen molar-refractivity contribution >= 4 is 35.0 Å². The van der Waals surface area contributed by atoms with Crippen molar-refractivity contribution in [2.75, 3.05) is 15.6 Å². The van der Waals surface area contributed by atoms with E-state index < -0.39 is 34.2 Å². The summed E-state index contributed by atoms with van der Waals surface area (Å²) in [6, 6.07) is 17.2. The van der Waals surface area contributed by atoms with Crippen LogP contribution in [0.4, 0.5) is 28.9 Å². The van der Waals surface area contributed by atoms with E-state index in [9.17, 15) is 27.2 Å². The second-order valence-electron chi connectivity index (χ2n) is 7.71. The monoisotopic (exact) mass is 472 g/mol. The predicted octanol–water partition coefficient (Wildman–Crippen LogP) is 5.32. The number of hydrogen-bond donors (Lipinski definition) is 0. The lowest BCUT2D eigenvalue weighted by atomic mass is 10.0. The summed E-state index contributed by atoms with van der Waals surface area (Å²) in [5.41, 5.74) is 0.333. The first-order chi connectivity index (χ1) is 15.7. The molecule has 33 heavy (non-hydrogen) atoms. The normalized spacial score (nSPS) is 20.1. The molecule has 1 saturated heterocycles. The Balaban J connectivity index is 1.65. The number of amides is 2. The first-order valence-electron chi connectivity index (χ1n) is 10.0. The van der Waals surface area contributed by atoms with Crippen molar-refractivity contribution in [3.63, 3.8) is 0 Å². The number of benzene rings is 3. The van der Waals surface area contributed by atoms with Gasteiger partial charge in [0, 0.05) is 16.8 Å². The van der Waals surface area contributed by atoms with Crippen molar-refractivity contribution in [1.82, 2.24) is 0 Å². The van der Waals surface area contributed by atoms with Gasteiger partial charge in [0.05, 0.1) is 23.5 Å². The van der Waals surface area contributed by atoms with E-state index in [0.717, 1.165) is 28.8 Å². The standard InChI is InChI=1S/C24H16F4N2O2S/c25-19-10-3-1-6-15(19)13-29-20-11-4-2-9-18(20)23(22(29)32)30(21(31)14-33-23)17-8-5-7-16(12-17)24(26,27)28/h1-12H,13-14H2/t23-/m1/s1. The fourth-order valence-electron chi connectivity index (χ4n) is 4.33. The summed E-state index contributed by atoms with van der Waals surface area (Å²) in [5, 5.41) is 0. The van der Waals surface area contributed by atoms with E-state index in [1.807, 2.05) is 0 Å². The molecule has 4 nitrogen and oxygen atoms in total. The van der Waals surface area contributed by atoms with Gasteiger partial charge in [-0.3, -0.25) is 14.5 Å². The van der Waals surface area contributed by atoms with Gasteiger partial charge in [-0.25, -0.2) is 4.39 Å². The molecule has 0 bridgehead atoms. The van der Waals surface area contributed by atoms with Gasteiger partial charge in [-0.1, -0.05) is 42.5 Å². The van der Waals surface area contributed by atoms with Crippen LogP contribution in [-0.2, 0) is 27.2 Å². The molecule has 2 heterocycles. The summed E-state index contributed by atoms with van der Waals surface area (Å²) in [6.07, 6.45) is -4.60. The Bertz CT molecular complexity index is 1280. The van der Waals surface area contributed by atoms with Crippen molar-refractivity contribution in [2.45, 2.75) is 17.6 Å². The maximum atomic E-state index is 14.4. The van der Waals surface area contributed by atoms with Crippen LogP contribution in [0, 0.1) is 5.82 Å². The van der Waals surface area contributed by atoms with Crippen LogP contribution in [0.1, 0.15) is 16.7 Å². The molecule has 9 heteroatoms. The van der Waals surface area contributed by atoms with Gasteiger partial charge in [-0.05, 0) is 30.3 Å². The third-order valence-electron chi connectivity index (χ3n) is 5.78. The average molecular weight is 472 g/mol. The van der Waals surface area contributed by atoms with Crippen molar-refractivity contribution in [3.05, 3.63) is 95.3 Å². The summed E-state index contributed by atoms with van der Waals surface area (Å²) in [6.45, 7) is -0.0740. The molecule has 2 aliphatic heterocycles. The minimum atomic E-state index is -4.60. The smallest absolute Gasteiger partial charge is 0.304 e. The van der Waals surface area contributed by atoms with Crippen LogP contribution in [-0.4, -0.2) is 17.6 Å². The summed E-state index contributed by atoms with van der Waals surface area (Å²) in [4.78, 5) is 27.8. The Morgan fingerprint density at radius 2 is 1.67 bits per heavy atom. The van der Waals surface area contributed by atoms with Crippen LogP contribution < -0.4 is 9.80 Å². The third-order valence-corrected chi connectivity index (χ3v) is 7.17. The zero-order valence-electron chi connectivity index (χ0n) is 17.0. The fraction of sp³-hybridized carbons (Fsp3) is 0.167. The van der Waals surface area contributed by atoms with Gasteiger partial charge < -0.3 is 4.90 Å². The fourth-order valence-corrected chi connectivity index (χ4v) is 5.69. The number of nitrogens with zero attached hydrogens (tertiary/aromatic N) is 2. The number of carbonyl (C=O) groups excluding carboxylic acids is 2. The SMILES string of the molecule is O=C1CS[C@]2(C(=O)N(Cc3ccccc3F)c3ccccc32)N1c1cccc(C(F)(F)F)c1. The summed E-state index contributed by atoms with van der Waals surface area (Å²) >= 11 is 1.06. The molecule has 5 rings (SSSR count). The van der Waals surface area contributed by atoms with Gasteiger partial charge in [0.25, 0.3) is 5.91 Å². The second-order valence-corrected chi connectivity index (χ2v) is 8.88. The predicted molar refractivity (Wildman–Crippen MR) is 117 cm³/mol. The van der Waals surface area contributed by atoms with Crippen LogP contribution in [0.25, 0.3) is 0 Å². The largest absolute Gasteiger partial charge is 0.416 e. The molecule has 2 aliphatic rings. The van der Waals surface area contributed by atoms with Gasteiger partial charge in [-0.15, -0.1) is 11.8 Å². The molecule has 0 aromatic heterocycles. The first-order valence-corrected chi connectivity index (χ1v) is 11.0. The Labute approximate surface area is 190 Å². The Morgan fingerprint density at radius 3 is 2.42 bits per heavy atom. The van der Waals surface area contributed by atoms with E-state index in [4.69, 9.17) is 0 Å². The highest BCUT2D eigenvalue weighted by Gasteiger charge is 2.61. The molecule has 0 aliphatic carbocycles. The van der Waals surface area contributed by atoms with E-state index in [1.165, 1.54) is 23.1 Å². The average Bonchev–Trinajstić information content (AvgIpc) is 3.26. The molecular formula is C24H16F4N2O2S. The highest BCUT2D eigenvalue weighted by atomic mass is 32.2. The van der Waals surface area contributed by atoms with Crippen LogP contribution >= 0.6 is 11.8 Å². The number of halogens is 4. The van der Waals surface area contributed by atoms with E-state index in [-0.39, 0.29) is 23.5 Å². The summed E-state index contributed by atoms with van der Waals surface area (Å²) in [7, 11) is 0. The van der Waals surface area contributed by atoms with Crippen LogP contribution in [0.2, 0.25) is 0 Å². The quantitative estimate of drug-likeness (QED) is 0.485. The molecular weight excluding hydrogens is 456 g/mol. The molecule has 168 valence electrons. The molecule has 3 aromatic carbocycles. The number of para-hydroxylation sites is 1. The molecule has 3 aromatic rings. The van der Waals surface area contributed by atoms with Gasteiger partial charge in [-0.2, -0.15) is 13.2 Å².